The van der Waals surface area contributed by atoms with Crippen LogP contribution in [0.2, 0.25) is 0 Å². The Morgan fingerprint density at radius 3 is 2.78 bits per heavy atom. The molecule has 2 aliphatic rings. The van der Waals surface area contributed by atoms with Crippen LogP contribution < -0.4 is 15.4 Å². The van der Waals surface area contributed by atoms with E-state index in [-0.39, 0.29) is 11.0 Å². The summed E-state index contributed by atoms with van der Waals surface area (Å²) in [7, 11) is -2.23. The quantitative estimate of drug-likeness (QED) is 0.670. The first-order valence-corrected chi connectivity index (χ1v) is 10.8. The normalized spacial score (nSPS) is 21.0. The van der Waals surface area contributed by atoms with Gasteiger partial charge >= 0.3 is 0 Å². The molecule has 0 saturated carbocycles. The highest BCUT2D eigenvalue weighted by atomic mass is 32.2. The summed E-state index contributed by atoms with van der Waals surface area (Å²) in [4.78, 5) is 0.110. The zero-order chi connectivity index (χ0) is 19.3. The number of rotatable bonds is 6. The average Bonchev–Trinajstić information content (AvgIpc) is 3.21. The van der Waals surface area contributed by atoms with Crippen molar-refractivity contribution in [2.45, 2.75) is 23.8 Å². The van der Waals surface area contributed by atoms with Crippen LogP contribution in [0.3, 0.4) is 0 Å². The lowest BCUT2D eigenvalue weighted by molar-refractivity contribution is 0.0729. The van der Waals surface area contributed by atoms with Crippen molar-refractivity contribution in [2.24, 2.45) is 0 Å². The number of benzene rings is 1. The highest BCUT2D eigenvalue weighted by molar-refractivity contribution is 7.89. The van der Waals surface area contributed by atoms with Crippen molar-refractivity contribution in [3.05, 3.63) is 18.2 Å². The molecule has 0 aromatic heterocycles. The minimum Gasteiger partial charge on any atom is -0.495 e. The smallest absolute Gasteiger partial charge is 0.246 e. The van der Waals surface area contributed by atoms with Gasteiger partial charge in [-0.05, 0) is 43.3 Å². The number of hydrogen-bond acceptors (Lipinski definition) is 6. The average molecular weight is 416 g/mol. The van der Waals surface area contributed by atoms with Crippen LogP contribution in [0.25, 0.3) is 0 Å². The van der Waals surface area contributed by atoms with Gasteiger partial charge in [0.2, 0.25) is 10.0 Å². The summed E-state index contributed by atoms with van der Waals surface area (Å²) in [5, 5.41) is 6.57. The molecule has 0 unspecified atom stereocenters. The molecule has 1 aromatic rings. The second-order valence-corrected chi connectivity index (χ2v) is 8.67. The van der Waals surface area contributed by atoms with E-state index in [4.69, 9.17) is 26.4 Å². The standard InChI is InChI=1S/C17H25N3O5S2/c1-23-15-5-4-13(19-17(26)18-12-14-3-2-8-25-14)11-16(15)27(21,22)20-6-9-24-10-7-20/h4-5,11,14H,2-3,6-10,12H2,1H3,(H2,18,19,26)/t14-/m1/s1. The number of methoxy groups -OCH3 is 1. The van der Waals surface area contributed by atoms with Gasteiger partial charge in [0.1, 0.15) is 10.6 Å². The van der Waals surface area contributed by atoms with Crippen LogP contribution >= 0.6 is 12.2 Å². The van der Waals surface area contributed by atoms with Gasteiger partial charge in [0, 0.05) is 31.9 Å². The van der Waals surface area contributed by atoms with Crippen molar-refractivity contribution in [3.63, 3.8) is 0 Å². The van der Waals surface area contributed by atoms with Crippen molar-refractivity contribution in [1.29, 1.82) is 0 Å². The van der Waals surface area contributed by atoms with Crippen molar-refractivity contribution in [2.75, 3.05) is 51.9 Å². The second kappa shape index (κ2) is 9.16. The topological polar surface area (TPSA) is 89.1 Å². The molecule has 2 heterocycles. The number of thiocarbonyl (C=S) groups is 1. The lowest BCUT2D eigenvalue weighted by atomic mass is 10.2. The van der Waals surface area contributed by atoms with Crippen molar-refractivity contribution < 1.29 is 22.6 Å². The van der Waals surface area contributed by atoms with Gasteiger partial charge in [-0.15, -0.1) is 0 Å². The minimum atomic E-state index is -3.68. The molecule has 150 valence electrons. The lowest BCUT2D eigenvalue weighted by Gasteiger charge is -2.27. The number of morpholine rings is 1. The molecule has 27 heavy (non-hydrogen) atoms. The number of anilines is 1. The Labute approximate surface area is 165 Å². The van der Waals surface area contributed by atoms with Gasteiger partial charge in [0.25, 0.3) is 0 Å². The predicted octanol–water partition coefficient (Wildman–Crippen LogP) is 1.18. The molecular weight excluding hydrogens is 390 g/mol. The fourth-order valence-corrected chi connectivity index (χ4v) is 4.86. The van der Waals surface area contributed by atoms with Crippen LogP contribution in [0.5, 0.6) is 5.75 Å². The number of nitrogens with zero attached hydrogens (tertiary/aromatic N) is 1. The zero-order valence-corrected chi connectivity index (χ0v) is 16.9. The van der Waals surface area contributed by atoms with Crippen LogP contribution in [0.15, 0.2) is 23.1 Å². The molecule has 2 saturated heterocycles. The second-order valence-electron chi connectivity index (χ2n) is 6.35. The van der Waals surface area contributed by atoms with Gasteiger partial charge in [-0.25, -0.2) is 8.42 Å². The van der Waals surface area contributed by atoms with Gasteiger partial charge in [0.15, 0.2) is 5.11 Å². The molecule has 0 aliphatic carbocycles. The van der Waals surface area contributed by atoms with Crippen LogP contribution in [0, 0.1) is 0 Å². The molecule has 0 amide bonds. The third-order valence-electron chi connectivity index (χ3n) is 4.52. The molecule has 0 radical (unpaired) electrons. The van der Waals surface area contributed by atoms with E-state index < -0.39 is 10.0 Å². The molecule has 3 rings (SSSR count). The van der Waals surface area contributed by atoms with Crippen LogP contribution in [0.4, 0.5) is 5.69 Å². The molecule has 1 aromatic carbocycles. The van der Waals surface area contributed by atoms with E-state index in [2.05, 4.69) is 10.6 Å². The Morgan fingerprint density at radius 2 is 2.11 bits per heavy atom. The van der Waals surface area contributed by atoms with Crippen molar-refractivity contribution >= 4 is 33.0 Å². The summed E-state index contributed by atoms with van der Waals surface area (Å²) < 4.78 is 43.5. The summed E-state index contributed by atoms with van der Waals surface area (Å²) >= 11 is 5.31. The predicted molar refractivity (Wildman–Crippen MR) is 106 cm³/mol. The van der Waals surface area contributed by atoms with Gasteiger partial charge in [-0.3, -0.25) is 0 Å². The number of sulfonamides is 1. The molecule has 0 bridgehead atoms. The van der Waals surface area contributed by atoms with E-state index in [0.717, 1.165) is 19.4 Å². The first-order chi connectivity index (χ1) is 13.0. The summed E-state index contributed by atoms with van der Waals surface area (Å²) in [6, 6.07) is 4.90. The Bertz CT molecular complexity index is 760. The van der Waals surface area contributed by atoms with Gasteiger partial charge < -0.3 is 24.8 Å². The van der Waals surface area contributed by atoms with Crippen LogP contribution in [-0.2, 0) is 19.5 Å². The van der Waals surface area contributed by atoms with E-state index in [1.54, 1.807) is 18.2 Å². The van der Waals surface area contributed by atoms with E-state index >= 15 is 0 Å². The van der Waals surface area contributed by atoms with E-state index in [0.29, 0.717) is 49.4 Å². The fourth-order valence-electron chi connectivity index (χ4n) is 3.07. The third kappa shape index (κ3) is 5.08. The first kappa shape index (κ1) is 20.3. The lowest BCUT2D eigenvalue weighted by Crippen LogP contribution is -2.40. The van der Waals surface area contributed by atoms with E-state index in [1.807, 2.05) is 0 Å². The monoisotopic (exact) mass is 415 g/mol. The van der Waals surface area contributed by atoms with Gasteiger partial charge in [-0.2, -0.15) is 4.31 Å². The SMILES string of the molecule is COc1ccc(NC(=S)NC[C@H]2CCCO2)cc1S(=O)(=O)N1CCOCC1. The summed E-state index contributed by atoms with van der Waals surface area (Å²) in [6.07, 6.45) is 2.24. The Balaban J connectivity index is 1.71. The van der Waals surface area contributed by atoms with E-state index in [1.165, 1.54) is 11.4 Å². The zero-order valence-electron chi connectivity index (χ0n) is 15.3. The fraction of sp³-hybridized carbons (Fsp3) is 0.588. The summed E-state index contributed by atoms with van der Waals surface area (Å²) in [6.45, 7) is 2.83. The third-order valence-corrected chi connectivity index (χ3v) is 6.69. The largest absolute Gasteiger partial charge is 0.495 e. The molecule has 1 atom stereocenters. The number of nitrogens with one attached hydrogen (secondary N) is 2. The highest BCUT2D eigenvalue weighted by Gasteiger charge is 2.29. The maximum Gasteiger partial charge on any atom is 0.246 e. The summed E-state index contributed by atoms with van der Waals surface area (Å²) in [5.74, 6) is 0.297. The molecular formula is C17H25N3O5S2. The number of ether oxygens (including phenoxy) is 3. The van der Waals surface area contributed by atoms with Crippen molar-refractivity contribution in [3.8, 4) is 5.75 Å². The molecule has 2 fully saturated rings. The first-order valence-electron chi connectivity index (χ1n) is 8.93. The minimum absolute atomic E-state index is 0.110. The maximum atomic E-state index is 13.0. The molecule has 2 aliphatic heterocycles. The summed E-state index contributed by atoms with van der Waals surface area (Å²) in [5.41, 5.74) is 0.576. The maximum absolute atomic E-state index is 13.0. The Hall–Kier alpha value is -1.46. The number of hydrogen-bond donors (Lipinski definition) is 2. The molecule has 8 nitrogen and oxygen atoms in total. The van der Waals surface area contributed by atoms with Gasteiger partial charge in [-0.1, -0.05) is 0 Å². The van der Waals surface area contributed by atoms with E-state index in [9.17, 15) is 8.42 Å². The Kier molecular flexibility index (Phi) is 6.88. The van der Waals surface area contributed by atoms with Crippen LogP contribution in [0.1, 0.15) is 12.8 Å². The Morgan fingerprint density at radius 1 is 1.33 bits per heavy atom. The molecule has 2 N–H and O–H groups in total. The van der Waals surface area contributed by atoms with Crippen molar-refractivity contribution in [1.82, 2.24) is 9.62 Å². The van der Waals surface area contributed by atoms with Gasteiger partial charge in [0.05, 0.1) is 26.4 Å². The van der Waals surface area contributed by atoms with Crippen LogP contribution in [-0.4, -0.2) is 70.5 Å². The highest BCUT2D eigenvalue weighted by Crippen LogP contribution is 2.30. The molecule has 0 spiro atoms. The molecule has 10 heteroatoms.